The molecule has 2 saturated carbocycles. The largest absolute Gasteiger partial charge is 0.468 e. The van der Waals surface area contributed by atoms with Crippen molar-refractivity contribution in [3.63, 3.8) is 0 Å². The summed E-state index contributed by atoms with van der Waals surface area (Å²) in [5.41, 5.74) is 13.0. The van der Waals surface area contributed by atoms with E-state index in [4.69, 9.17) is 41.1 Å². The van der Waals surface area contributed by atoms with Crippen LogP contribution in [-0.4, -0.2) is 71.7 Å². The number of thiazole rings is 1. The van der Waals surface area contributed by atoms with E-state index >= 15 is 0 Å². The number of non-ortho nitro benzene ring substituents is 1. The molecule has 0 aliphatic heterocycles. The molecule has 0 spiro atoms. The predicted molar refractivity (Wildman–Crippen MR) is 368 cm³/mol. The van der Waals surface area contributed by atoms with Crippen LogP contribution in [0.4, 0.5) is 5.69 Å². The number of nitro groups is 1. The van der Waals surface area contributed by atoms with Crippen molar-refractivity contribution in [3.05, 3.63) is 271 Å². The van der Waals surface area contributed by atoms with Crippen molar-refractivity contribution in [2.45, 2.75) is 101 Å². The molecule has 2 fully saturated rings. The number of hydrogen-bond donors (Lipinski definition) is 9. The van der Waals surface area contributed by atoms with Crippen LogP contribution in [0.25, 0.3) is 0 Å². The molecule has 25 heteroatoms. The number of methoxy groups -OCH3 is 1. The number of benzene rings is 7. The SMILES string of the molecule is CC1C(c2ccccc2)C1(c1ccccc1)c1ccccc1.COC(=O)C(CON)C(=O)NC(=O)C(N)CON.Cc1nc(CON)cs1.NOC(=O)C(O)(c1ccccc1)C1CCCCC1.NOCCCC(c1ccccc1)c1ccccc1.NOCc1cccc([N+](=O)[O-])c1. The molecule has 5 atom stereocenters. The number of nitrogens with zero attached hydrogens (tertiary/aromatic N) is 2. The smallest absolute Gasteiger partial charge is 0.361 e. The molecule has 16 N–H and O–H groups in total. The van der Waals surface area contributed by atoms with E-state index in [9.17, 15) is 34.4 Å². The summed E-state index contributed by atoms with van der Waals surface area (Å²) in [4.78, 5) is 86.1. The Morgan fingerprint density at radius 2 is 1.19 bits per heavy atom. The molecule has 1 heterocycles. The van der Waals surface area contributed by atoms with E-state index in [1.165, 1.54) is 39.9 Å². The van der Waals surface area contributed by atoms with Gasteiger partial charge in [0.15, 0.2) is 11.5 Å². The number of hydrogen-bond acceptors (Lipinski definition) is 23. The van der Waals surface area contributed by atoms with Crippen LogP contribution in [0.5, 0.6) is 0 Å². The number of amides is 2. The molecule has 1 aromatic heterocycles. The third-order valence-electron chi connectivity index (χ3n) is 16.4. The monoisotopic (exact) mass is 1350 g/mol. The van der Waals surface area contributed by atoms with Crippen molar-refractivity contribution in [3.8, 4) is 0 Å². The zero-order valence-corrected chi connectivity index (χ0v) is 55.6. The molecule has 8 aromatic rings. The number of nitrogens with one attached hydrogen (secondary N) is 1. The molecule has 0 radical (unpaired) electrons. The van der Waals surface area contributed by atoms with Gasteiger partial charge in [0.05, 0.1) is 49.2 Å². The van der Waals surface area contributed by atoms with Gasteiger partial charge < -0.3 is 34.9 Å². The zero-order chi connectivity index (χ0) is 70.4. The van der Waals surface area contributed by atoms with Gasteiger partial charge in [-0.1, -0.05) is 220 Å². The summed E-state index contributed by atoms with van der Waals surface area (Å²) in [5.74, 6) is 25.9. The van der Waals surface area contributed by atoms with Crippen molar-refractivity contribution in [2.75, 3.05) is 26.9 Å². The summed E-state index contributed by atoms with van der Waals surface area (Å²) in [6.07, 6.45) is 6.85. The van der Waals surface area contributed by atoms with Crippen LogP contribution in [0, 0.1) is 34.8 Å². The molecule has 0 saturated heterocycles. The summed E-state index contributed by atoms with van der Waals surface area (Å²) in [5, 5.41) is 26.0. The minimum absolute atomic E-state index is 0.0459. The van der Waals surface area contributed by atoms with Crippen molar-refractivity contribution in [1.29, 1.82) is 0 Å². The fourth-order valence-corrected chi connectivity index (χ4v) is 12.3. The first-order valence-corrected chi connectivity index (χ1v) is 32.2. The van der Waals surface area contributed by atoms with Crippen LogP contribution >= 0.6 is 11.3 Å². The van der Waals surface area contributed by atoms with E-state index in [1.807, 2.05) is 23.7 Å². The first kappa shape index (κ1) is 78.8. The van der Waals surface area contributed by atoms with Gasteiger partial charge in [-0.3, -0.25) is 39.5 Å². The van der Waals surface area contributed by atoms with E-state index in [2.05, 4.69) is 197 Å². The van der Waals surface area contributed by atoms with Crippen molar-refractivity contribution in [1.82, 2.24) is 10.3 Å². The average molecular weight is 1350 g/mol. The lowest BCUT2D eigenvalue weighted by atomic mass is 9.73. The summed E-state index contributed by atoms with van der Waals surface area (Å²) >= 11 is 1.60. The van der Waals surface area contributed by atoms with Crippen LogP contribution in [0.1, 0.15) is 113 Å². The van der Waals surface area contributed by atoms with Crippen molar-refractivity contribution < 1.29 is 63.0 Å². The minimum atomic E-state index is -1.61. The predicted octanol–water partition coefficient (Wildman–Crippen LogP) is 9.12. The fourth-order valence-electron chi connectivity index (χ4n) is 11.7. The van der Waals surface area contributed by atoms with Crippen LogP contribution in [0.15, 0.2) is 212 Å². The minimum Gasteiger partial charge on any atom is -0.468 e. The Balaban J connectivity index is 0.000000214. The first-order chi connectivity index (χ1) is 47.0. The molecule has 0 bridgehead atoms. The maximum absolute atomic E-state index is 11.9. The number of imide groups is 1. The Hall–Kier alpha value is -8.87. The number of nitrogens with two attached hydrogens (primary N) is 7. The number of rotatable bonds is 24. The average Bonchev–Trinajstić information content (AvgIpc) is 1.52. The van der Waals surface area contributed by atoms with Gasteiger partial charge in [-0.15, -0.1) is 11.3 Å². The van der Waals surface area contributed by atoms with Crippen LogP contribution < -0.4 is 46.4 Å². The molecule has 518 valence electrons. The van der Waals surface area contributed by atoms with E-state index in [1.54, 1.807) is 47.7 Å². The normalized spacial score (nSPS) is 15.4. The number of aromatic nitrogens is 1. The second-order valence-corrected chi connectivity index (χ2v) is 23.7. The molecule has 24 nitrogen and oxygen atoms in total. The number of esters is 1. The zero-order valence-electron chi connectivity index (χ0n) is 54.8. The van der Waals surface area contributed by atoms with Crippen molar-refractivity contribution >= 4 is 40.8 Å². The lowest BCUT2D eigenvalue weighted by Gasteiger charge is -2.36. The molecule has 5 unspecified atom stereocenters. The molecule has 2 aliphatic rings. The Kier molecular flexibility index (Phi) is 34.6. The Morgan fingerprint density at radius 1 is 0.670 bits per heavy atom. The third kappa shape index (κ3) is 23.7. The number of carbonyl (C=O) groups is 4. The van der Waals surface area contributed by atoms with Crippen LogP contribution in [0.3, 0.4) is 0 Å². The van der Waals surface area contributed by atoms with Gasteiger partial charge in [0, 0.05) is 40.7 Å². The highest BCUT2D eigenvalue weighted by Crippen LogP contribution is 2.68. The van der Waals surface area contributed by atoms with Crippen molar-refractivity contribution in [2.24, 2.45) is 58.9 Å². The molecule has 10 rings (SSSR count). The van der Waals surface area contributed by atoms with Gasteiger partial charge in [0.2, 0.25) is 11.8 Å². The highest BCUT2D eigenvalue weighted by molar-refractivity contribution is 7.09. The van der Waals surface area contributed by atoms with Gasteiger partial charge in [-0.2, -0.15) is 5.90 Å². The molecule has 97 heavy (non-hydrogen) atoms. The summed E-state index contributed by atoms with van der Waals surface area (Å²) < 4.78 is 4.35. The van der Waals surface area contributed by atoms with Gasteiger partial charge >= 0.3 is 11.9 Å². The molecule has 2 aliphatic carbocycles. The Morgan fingerprint density at radius 3 is 1.65 bits per heavy atom. The summed E-state index contributed by atoms with van der Waals surface area (Å²) in [7, 11) is 1.08. The Labute approximate surface area is 569 Å². The highest BCUT2D eigenvalue weighted by atomic mass is 32.1. The Bertz CT molecular complexity index is 3470. The molecular formula is C72H90N10O14S. The van der Waals surface area contributed by atoms with Crippen LogP contribution in [-0.2, 0) is 77.2 Å². The quantitative estimate of drug-likeness (QED) is 0.00894. The van der Waals surface area contributed by atoms with E-state index in [0.29, 0.717) is 42.1 Å². The second kappa shape index (κ2) is 42.6. The maximum Gasteiger partial charge on any atom is 0.361 e. The number of aryl methyl sites for hydroxylation is 1. The van der Waals surface area contributed by atoms with Gasteiger partial charge in [0.25, 0.3) is 5.69 Å². The lowest BCUT2D eigenvalue weighted by Crippen LogP contribution is -2.50. The van der Waals surface area contributed by atoms with E-state index in [0.717, 1.165) is 62.8 Å². The maximum atomic E-state index is 11.9. The first-order valence-electron chi connectivity index (χ1n) is 31.4. The number of nitro benzene ring substituents is 1. The highest BCUT2D eigenvalue weighted by Gasteiger charge is 2.64. The second-order valence-electron chi connectivity index (χ2n) is 22.6. The van der Waals surface area contributed by atoms with E-state index in [-0.39, 0.29) is 30.2 Å². The third-order valence-corrected chi connectivity index (χ3v) is 17.3. The lowest BCUT2D eigenvalue weighted by molar-refractivity contribution is -0.385. The van der Waals surface area contributed by atoms with E-state index < -0.39 is 52.8 Å². The van der Waals surface area contributed by atoms with Gasteiger partial charge in [-0.05, 0) is 77.5 Å². The fraction of sp³-hybridized carbons (Fsp3) is 0.319. The number of carbonyl (C=O) groups excluding carboxylic acids is 4. The standard InChI is InChI=1S/C22H20.C16H19NO.C14H19NO3.C8H16N4O6.C7H8N2O3.C5H8N2OS/c1-17-21(18-11-5-2-6-12-18)22(17,19-13-7-3-8-14-19)20-15-9-4-10-16-20;17-18-13-7-12-16(14-8-3-1-4-9-14)15-10-5-2-6-11-15;15-18-13(16)14(17,11-7-3-1-4-8-11)12-9-5-2-6-10-12;1-16-8(15)4(2-17-10)6(13)12-7(14)5(9)3-18-11;8-12-5-6-2-1-3-7(4-6)9(10)11;1-4-7-5(2-8-6)3-9-4/h2-17,21H,1H3;1-6,8-11,16H,7,12-13,17H2;1,3-4,7-8,12,17H,2,5-6,9-10,15H2;4-5H,2-3,9-11H2,1H3,(H,12,13,14);1-4H,5,8H2;3H,2,6H2,1H3. The molecule has 2 amide bonds. The summed E-state index contributed by atoms with van der Waals surface area (Å²) in [6, 6.07) is 68.0. The number of ether oxygens (including phenoxy) is 1. The van der Waals surface area contributed by atoms with Gasteiger partial charge in [0.1, 0.15) is 12.6 Å². The molecular weight excluding hydrogens is 1260 g/mol. The molecule has 7 aromatic carbocycles. The summed E-state index contributed by atoms with van der Waals surface area (Å²) in [6.45, 7) is 4.81. The van der Waals surface area contributed by atoms with Gasteiger partial charge in [-0.25, -0.2) is 39.3 Å². The topological polar surface area (TPSA) is 403 Å². The van der Waals surface area contributed by atoms with Crippen LogP contribution in [0.2, 0.25) is 0 Å². The number of aliphatic hydroxyl groups is 1.